The van der Waals surface area contributed by atoms with E-state index >= 15 is 0 Å². The van der Waals surface area contributed by atoms with Gasteiger partial charge in [-0.2, -0.15) is 0 Å². The Bertz CT molecular complexity index is 341. The summed E-state index contributed by atoms with van der Waals surface area (Å²) in [7, 11) is 0. The van der Waals surface area contributed by atoms with Gasteiger partial charge < -0.3 is 10.6 Å². The number of hydrogen-bond donors (Lipinski definition) is 1. The van der Waals surface area contributed by atoms with Crippen molar-refractivity contribution in [3.8, 4) is 0 Å². The Morgan fingerprint density at radius 2 is 1.59 bits per heavy atom. The number of halogens is 2. The summed E-state index contributed by atoms with van der Waals surface area (Å²) in [6, 6.07) is 0.377. The van der Waals surface area contributed by atoms with Gasteiger partial charge in [-0.05, 0) is 24.7 Å². The minimum Gasteiger partial charge on any atom is -0.340 e. The first kappa shape index (κ1) is 22.0. The fourth-order valence-corrected chi connectivity index (χ4v) is 3.36. The lowest BCUT2D eigenvalue weighted by Crippen LogP contribution is -2.51. The lowest BCUT2D eigenvalue weighted by atomic mass is 9.86. The monoisotopic (exact) mass is 353 g/mol. The van der Waals surface area contributed by atoms with Gasteiger partial charge in [0, 0.05) is 32.2 Å². The second kappa shape index (κ2) is 9.31. The molecule has 1 saturated heterocycles. The normalized spacial score (nSPS) is 22.5. The van der Waals surface area contributed by atoms with E-state index in [1.165, 1.54) is 25.7 Å². The fourth-order valence-electron chi connectivity index (χ4n) is 3.36. The van der Waals surface area contributed by atoms with Crippen LogP contribution < -0.4 is 5.73 Å². The number of nitrogens with zero attached hydrogens (tertiary/aromatic N) is 2. The van der Waals surface area contributed by atoms with Crippen molar-refractivity contribution in [2.75, 3.05) is 26.2 Å². The minimum absolute atomic E-state index is 0. The summed E-state index contributed by atoms with van der Waals surface area (Å²) in [5, 5.41) is 0. The quantitative estimate of drug-likeness (QED) is 0.830. The maximum Gasteiger partial charge on any atom is 0.240 e. The predicted molar refractivity (Wildman–Crippen MR) is 97.0 cm³/mol. The highest BCUT2D eigenvalue weighted by molar-refractivity contribution is 5.85. The van der Waals surface area contributed by atoms with E-state index in [-0.39, 0.29) is 42.2 Å². The number of carbonyl (C=O) groups is 1. The van der Waals surface area contributed by atoms with Crippen molar-refractivity contribution in [3.05, 3.63) is 0 Å². The Morgan fingerprint density at radius 3 is 2.14 bits per heavy atom. The van der Waals surface area contributed by atoms with Crippen molar-refractivity contribution in [1.29, 1.82) is 0 Å². The predicted octanol–water partition coefficient (Wildman–Crippen LogP) is 2.68. The summed E-state index contributed by atoms with van der Waals surface area (Å²) in [5.74, 6) is 0.130. The summed E-state index contributed by atoms with van der Waals surface area (Å²) in [6.07, 6.45) is 6.52. The molecule has 0 aromatic heterocycles. The van der Waals surface area contributed by atoms with Gasteiger partial charge in [-0.3, -0.25) is 9.69 Å². The van der Waals surface area contributed by atoms with Gasteiger partial charge in [0.05, 0.1) is 6.04 Å². The first-order chi connectivity index (χ1) is 9.39. The Balaban J connectivity index is 0.00000220. The molecule has 0 radical (unpaired) electrons. The molecule has 1 heterocycles. The molecular formula is C16H33Cl2N3O. The Morgan fingerprint density at radius 1 is 1.00 bits per heavy atom. The summed E-state index contributed by atoms with van der Waals surface area (Å²) in [6.45, 7) is 9.99. The van der Waals surface area contributed by atoms with Gasteiger partial charge in [0.15, 0.2) is 0 Å². The van der Waals surface area contributed by atoms with E-state index in [1.54, 1.807) is 0 Å². The second-order valence-corrected chi connectivity index (χ2v) is 7.50. The molecule has 2 N–H and O–H groups in total. The van der Waals surface area contributed by atoms with Gasteiger partial charge in [-0.1, -0.05) is 33.6 Å². The standard InChI is InChI=1S/C16H31N3O.2ClH/c1-16(2,3)14(17)15(20)19-10-6-9-18(11-12-19)13-7-4-5-8-13;;/h13-14H,4-12,17H2,1-3H3;2*1H/t14-;;/m1../s1. The zero-order valence-electron chi connectivity index (χ0n) is 14.2. The highest BCUT2D eigenvalue weighted by atomic mass is 35.5. The van der Waals surface area contributed by atoms with E-state index in [4.69, 9.17) is 5.73 Å². The molecule has 22 heavy (non-hydrogen) atoms. The van der Waals surface area contributed by atoms with E-state index in [2.05, 4.69) is 4.90 Å². The molecule has 2 aliphatic rings. The fraction of sp³-hybridized carbons (Fsp3) is 0.938. The van der Waals surface area contributed by atoms with Crippen molar-refractivity contribution in [3.63, 3.8) is 0 Å². The Labute approximate surface area is 148 Å². The highest BCUT2D eigenvalue weighted by Gasteiger charge is 2.32. The second-order valence-electron chi connectivity index (χ2n) is 7.50. The third kappa shape index (κ3) is 5.55. The first-order valence-corrected chi connectivity index (χ1v) is 8.18. The van der Waals surface area contributed by atoms with Crippen molar-refractivity contribution in [1.82, 2.24) is 9.80 Å². The smallest absolute Gasteiger partial charge is 0.240 e. The number of nitrogens with two attached hydrogens (primary N) is 1. The van der Waals surface area contributed by atoms with E-state index in [1.807, 2.05) is 25.7 Å². The van der Waals surface area contributed by atoms with Crippen molar-refractivity contribution >= 4 is 30.7 Å². The molecule has 1 aliphatic heterocycles. The topological polar surface area (TPSA) is 49.6 Å². The highest BCUT2D eigenvalue weighted by Crippen LogP contribution is 2.25. The lowest BCUT2D eigenvalue weighted by Gasteiger charge is -2.32. The molecule has 0 aromatic carbocycles. The molecule has 4 nitrogen and oxygen atoms in total. The number of amides is 1. The number of hydrogen-bond acceptors (Lipinski definition) is 3. The summed E-state index contributed by atoms with van der Waals surface area (Å²) >= 11 is 0. The van der Waals surface area contributed by atoms with Crippen LogP contribution >= 0.6 is 24.8 Å². The molecule has 1 amide bonds. The van der Waals surface area contributed by atoms with Crippen LogP contribution in [0, 0.1) is 5.41 Å². The zero-order valence-corrected chi connectivity index (χ0v) is 15.8. The molecule has 132 valence electrons. The van der Waals surface area contributed by atoms with Gasteiger partial charge in [-0.15, -0.1) is 24.8 Å². The maximum absolute atomic E-state index is 12.5. The summed E-state index contributed by atoms with van der Waals surface area (Å²) < 4.78 is 0. The van der Waals surface area contributed by atoms with Crippen LogP contribution in [0.1, 0.15) is 52.9 Å². The van der Waals surface area contributed by atoms with Crippen LogP contribution in [0.3, 0.4) is 0 Å². The van der Waals surface area contributed by atoms with Gasteiger partial charge >= 0.3 is 0 Å². The Kier molecular flexibility index (Phi) is 9.30. The van der Waals surface area contributed by atoms with Crippen LogP contribution in [0.2, 0.25) is 0 Å². The van der Waals surface area contributed by atoms with Gasteiger partial charge in [-0.25, -0.2) is 0 Å². The molecule has 1 atom stereocenters. The van der Waals surface area contributed by atoms with Crippen LogP contribution in [0.15, 0.2) is 0 Å². The van der Waals surface area contributed by atoms with E-state index in [0.717, 1.165) is 38.6 Å². The van der Waals surface area contributed by atoms with Crippen LogP contribution in [-0.4, -0.2) is 54.0 Å². The molecule has 1 saturated carbocycles. The molecule has 2 fully saturated rings. The largest absolute Gasteiger partial charge is 0.340 e. The first-order valence-electron chi connectivity index (χ1n) is 8.18. The van der Waals surface area contributed by atoms with Gasteiger partial charge in [0.25, 0.3) is 0 Å². The van der Waals surface area contributed by atoms with Crippen LogP contribution in [0.25, 0.3) is 0 Å². The molecule has 6 heteroatoms. The summed E-state index contributed by atoms with van der Waals surface area (Å²) in [5.41, 5.74) is 5.97. The van der Waals surface area contributed by atoms with Crippen molar-refractivity contribution in [2.24, 2.45) is 11.1 Å². The summed E-state index contributed by atoms with van der Waals surface area (Å²) in [4.78, 5) is 17.1. The minimum atomic E-state index is -0.388. The average molecular weight is 354 g/mol. The molecule has 1 aliphatic carbocycles. The van der Waals surface area contributed by atoms with Crippen molar-refractivity contribution in [2.45, 2.75) is 65.0 Å². The molecule has 0 spiro atoms. The van der Waals surface area contributed by atoms with E-state index < -0.39 is 0 Å². The van der Waals surface area contributed by atoms with Crippen LogP contribution in [0.4, 0.5) is 0 Å². The molecular weight excluding hydrogens is 321 g/mol. The number of rotatable bonds is 2. The van der Waals surface area contributed by atoms with Gasteiger partial charge in [0.1, 0.15) is 0 Å². The van der Waals surface area contributed by atoms with Crippen LogP contribution in [-0.2, 0) is 4.79 Å². The molecule has 0 bridgehead atoms. The molecule has 0 unspecified atom stereocenters. The molecule has 0 aromatic rings. The van der Waals surface area contributed by atoms with E-state index in [9.17, 15) is 4.79 Å². The maximum atomic E-state index is 12.5. The SMILES string of the molecule is CC(C)(C)[C@H](N)C(=O)N1CCCN(C2CCCC2)CC1.Cl.Cl. The number of carbonyl (C=O) groups excluding carboxylic acids is 1. The third-order valence-corrected chi connectivity index (χ3v) is 4.88. The van der Waals surface area contributed by atoms with E-state index in [0.29, 0.717) is 0 Å². The van der Waals surface area contributed by atoms with Crippen molar-refractivity contribution < 1.29 is 4.79 Å². The Hall–Kier alpha value is -0.0300. The average Bonchev–Trinajstić information content (AvgIpc) is 2.81. The zero-order chi connectivity index (χ0) is 14.8. The third-order valence-electron chi connectivity index (χ3n) is 4.88. The molecule has 2 rings (SSSR count). The van der Waals surface area contributed by atoms with Crippen LogP contribution in [0.5, 0.6) is 0 Å². The van der Waals surface area contributed by atoms with Gasteiger partial charge in [0.2, 0.25) is 5.91 Å². The lowest BCUT2D eigenvalue weighted by molar-refractivity contribution is -0.134.